The highest BCUT2D eigenvalue weighted by Gasteiger charge is 2.13. The Labute approximate surface area is 114 Å². The third-order valence-electron chi connectivity index (χ3n) is 2.67. The number of methoxy groups -OCH3 is 1. The monoisotopic (exact) mass is 271 g/mol. The molecule has 96 valence electrons. The minimum atomic E-state index is -1.28. The van der Waals surface area contributed by atoms with E-state index in [1.807, 2.05) is 36.4 Å². The minimum absolute atomic E-state index is 0.314. The van der Waals surface area contributed by atoms with Crippen molar-refractivity contribution in [2.45, 2.75) is 16.2 Å². The van der Waals surface area contributed by atoms with Crippen LogP contribution in [0.15, 0.2) is 58.3 Å². The molecule has 0 N–H and O–H groups in total. The van der Waals surface area contributed by atoms with Crippen LogP contribution in [0, 0.1) is 11.3 Å². The van der Waals surface area contributed by atoms with Crippen LogP contribution in [-0.2, 0) is 17.2 Å². The average molecular weight is 271 g/mol. The van der Waals surface area contributed by atoms with E-state index in [1.165, 1.54) is 7.11 Å². The topological polar surface area (TPSA) is 50.1 Å². The predicted octanol–water partition coefficient (Wildman–Crippen LogP) is 2.93. The zero-order valence-corrected chi connectivity index (χ0v) is 11.3. The van der Waals surface area contributed by atoms with Crippen LogP contribution in [0.5, 0.6) is 5.75 Å². The number of hydrogen-bond acceptors (Lipinski definition) is 3. The third kappa shape index (κ3) is 3.01. The number of benzene rings is 2. The Bertz CT molecular complexity index is 632. The van der Waals surface area contributed by atoms with Gasteiger partial charge in [-0.2, -0.15) is 5.26 Å². The Morgan fingerprint density at radius 1 is 1.21 bits per heavy atom. The van der Waals surface area contributed by atoms with E-state index in [-0.39, 0.29) is 0 Å². The molecular weight excluding hydrogens is 258 g/mol. The number of nitriles is 1. The molecule has 1 atom stereocenters. The maximum absolute atomic E-state index is 12.5. The Hall–Kier alpha value is -2.12. The molecule has 2 aromatic rings. The van der Waals surface area contributed by atoms with Crippen LogP contribution in [0.1, 0.15) is 5.56 Å². The van der Waals surface area contributed by atoms with Gasteiger partial charge in [-0.05, 0) is 29.8 Å². The molecule has 3 nitrogen and oxygen atoms in total. The van der Waals surface area contributed by atoms with Crippen molar-refractivity contribution in [3.63, 3.8) is 0 Å². The van der Waals surface area contributed by atoms with Gasteiger partial charge in [0.05, 0.1) is 35.3 Å². The van der Waals surface area contributed by atoms with Crippen molar-refractivity contribution in [2.75, 3.05) is 7.11 Å². The number of ether oxygens (including phenoxy) is 1. The van der Waals surface area contributed by atoms with Crippen molar-refractivity contribution < 1.29 is 8.95 Å². The summed E-state index contributed by atoms with van der Waals surface area (Å²) in [6.45, 7) is 0. The molecule has 4 heteroatoms. The Morgan fingerprint density at radius 2 is 1.95 bits per heavy atom. The Kier molecular flexibility index (Phi) is 4.32. The lowest BCUT2D eigenvalue weighted by molar-refractivity contribution is 0.403. The number of nitrogens with zero attached hydrogens (tertiary/aromatic N) is 1. The van der Waals surface area contributed by atoms with Crippen LogP contribution in [0.25, 0.3) is 0 Å². The molecule has 0 fully saturated rings. The first-order chi connectivity index (χ1) is 9.26. The summed E-state index contributed by atoms with van der Waals surface area (Å²) in [4.78, 5) is 1.35. The van der Waals surface area contributed by atoms with Crippen LogP contribution in [0.2, 0.25) is 0 Å². The molecule has 0 bridgehead atoms. The Balaban J connectivity index is 2.40. The highest BCUT2D eigenvalue weighted by atomic mass is 32.2. The zero-order valence-electron chi connectivity index (χ0n) is 10.5. The first-order valence-electron chi connectivity index (χ1n) is 5.77. The van der Waals surface area contributed by atoms with E-state index in [0.717, 1.165) is 10.5 Å². The van der Waals surface area contributed by atoms with E-state index in [9.17, 15) is 4.21 Å². The second-order valence-electron chi connectivity index (χ2n) is 3.90. The van der Waals surface area contributed by atoms with E-state index in [0.29, 0.717) is 17.1 Å². The summed E-state index contributed by atoms with van der Waals surface area (Å²) in [6, 6.07) is 16.6. The first kappa shape index (κ1) is 13.3. The van der Waals surface area contributed by atoms with Gasteiger partial charge < -0.3 is 4.74 Å². The summed E-state index contributed by atoms with van der Waals surface area (Å²) in [6.07, 6.45) is 0.314. The fourth-order valence-corrected chi connectivity index (χ4v) is 2.91. The molecular formula is C15H13NO2S. The molecule has 0 amide bonds. The summed E-state index contributed by atoms with van der Waals surface area (Å²) in [5.74, 6) is 0.551. The summed E-state index contributed by atoms with van der Waals surface area (Å²) in [7, 11) is 0.261. The quantitative estimate of drug-likeness (QED) is 0.859. The van der Waals surface area contributed by atoms with E-state index >= 15 is 0 Å². The van der Waals surface area contributed by atoms with Gasteiger partial charge in [0.15, 0.2) is 0 Å². The molecule has 0 aliphatic rings. The summed E-state index contributed by atoms with van der Waals surface area (Å²) < 4.78 is 17.7. The van der Waals surface area contributed by atoms with E-state index in [4.69, 9.17) is 10.00 Å². The standard InChI is InChI=1S/C15H13NO2S/c1-18-14-11-12(9-10-16)7-8-15(14)19(17)13-5-3-2-4-6-13/h2-8,11H,9H2,1H3. The van der Waals surface area contributed by atoms with Crippen molar-refractivity contribution in [1.82, 2.24) is 0 Å². The van der Waals surface area contributed by atoms with Crippen molar-refractivity contribution in [3.8, 4) is 11.8 Å². The van der Waals surface area contributed by atoms with Gasteiger partial charge in [0.2, 0.25) is 0 Å². The normalized spacial score (nSPS) is 11.6. The molecule has 0 aliphatic carbocycles. The highest BCUT2D eigenvalue weighted by molar-refractivity contribution is 7.85. The summed E-state index contributed by atoms with van der Waals surface area (Å²) >= 11 is 0. The first-order valence-corrected chi connectivity index (χ1v) is 6.92. The van der Waals surface area contributed by atoms with Gasteiger partial charge >= 0.3 is 0 Å². The molecule has 0 radical (unpaired) electrons. The van der Waals surface area contributed by atoms with Crippen LogP contribution < -0.4 is 4.74 Å². The van der Waals surface area contributed by atoms with Gasteiger partial charge in [-0.3, -0.25) is 0 Å². The number of hydrogen-bond donors (Lipinski definition) is 0. The van der Waals surface area contributed by atoms with Crippen molar-refractivity contribution in [1.29, 1.82) is 5.26 Å². The lowest BCUT2D eigenvalue weighted by Gasteiger charge is -2.09. The fraction of sp³-hybridized carbons (Fsp3) is 0.133. The smallest absolute Gasteiger partial charge is 0.135 e. The van der Waals surface area contributed by atoms with E-state index in [2.05, 4.69) is 6.07 Å². The largest absolute Gasteiger partial charge is 0.495 e. The predicted molar refractivity (Wildman–Crippen MR) is 73.4 cm³/mol. The lowest BCUT2D eigenvalue weighted by atomic mass is 10.1. The minimum Gasteiger partial charge on any atom is -0.495 e. The van der Waals surface area contributed by atoms with Crippen LogP contribution in [0.4, 0.5) is 0 Å². The molecule has 0 heterocycles. The molecule has 0 saturated heterocycles. The molecule has 2 aromatic carbocycles. The van der Waals surface area contributed by atoms with Crippen LogP contribution in [0.3, 0.4) is 0 Å². The molecule has 0 spiro atoms. The second kappa shape index (κ2) is 6.17. The summed E-state index contributed by atoms with van der Waals surface area (Å²) in [5.41, 5.74) is 0.855. The summed E-state index contributed by atoms with van der Waals surface area (Å²) in [5, 5.41) is 8.69. The fourth-order valence-electron chi connectivity index (χ4n) is 1.74. The van der Waals surface area contributed by atoms with Gasteiger partial charge in [-0.15, -0.1) is 0 Å². The van der Waals surface area contributed by atoms with Gasteiger partial charge in [-0.1, -0.05) is 24.3 Å². The maximum atomic E-state index is 12.5. The lowest BCUT2D eigenvalue weighted by Crippen LogP contribution is -1.98. The molecule has 0 saturated carbocycles. The molecule has 2 rings (SSSR count). The SMILES string of the molecule is COc1cc(CC#N)ccc1S(=O)c1ccccc1. The van der Waals surface area contributed by atoms with Crippen LogP contribution in [-0.4, -0.2) is 11.3 Å². The van der Waals surface area contributed by atoms with Crippen LogP contribution >= 0.6 is 0 Å². The number of rotatable bonds is 4. The van der Waals surface area contributed by atoms with Gasteiger partial charge in [0.1, 0.15) is 5.75 Å². The van der Waals surface area contributed by atoms with Gasteiger partial charge in [0.25, 0.3) is 0 Å². The van der Waals surface area contributed by atoms with E-state index < -0.39 is 10.8 Å². The van der Waals surface area contributed by atoms with Crippen molar-refractivity contribution in [2.24, 2.45) is 0 Å². The molecule has 19 heavy (non-hydrogen) atoms. The molecule has 0 aliphatic heterocycles. The molecule has 1 unspecified atom stereocenters. The van der Waals surface area contributed by atoms with Gasteiger partial charge in [0, 0.05) is 4.90 Å². The average Bonchev–Trinajstić information content (AvgIpc) is 2.47. The Morgan fingerprint density at radius 3 is 2.58 bits per heavy atom. The van der Waals surface area contributed by atoms with Crippen molar-refractivity contribution >= 4 is 10.8 Å². The molecule has 0 aromatic heterocycles. The van der Waals surface area contributed by atoms with E-state index in [1.54, 1.807) is 12.1 Å². The maximum Gasteiger partial charge on any atom is 0.135 e. The highest BCUT2D eigenvalue weighted by Crippen LogP contribution is 2.27. The zero-order chi connectivity index (χ0) is 13.7. The van der Waals surface area contributed by atoms with Gasteiger partial charge in [-0.25, -0.2) is 4.21 Å². The third-order valence-corrected chi connectivity index (χ3v) is 4.11. The van der Waals surface area contributed by atoms with Crippen molar-refractivity contribution in [3.05, 3.63) is 54.1 Å². The second-order valence-corrected chi connectivity index (χ2v) is 5.35.